The highest BCUT2D eigenvalue weighted by atomic mass is 35.5. The first kappa shape index (κ1) is 13.8. The molecule has 0 saturated heterocycles. The van der Waals surface area contributed by atoms with Crippen LogP contribution < -0.4 is 5.73 Å². The molecule has 2 rings (SSSR count). The Balaban J connectivity index is 2.56. The maximum Gasteiger partial charge on any atom is 0.197 e. The molecule has 0 unspecified atom stereocenters. The Morgan fingerprint density at radius 2 is 1.68 bits per heavy atom. The van der Waals surface area contributed by atoms with Gasteiger partial charge in [0.15, 0.2) is 5.78 Å². The summed E-state index contributed by atoms with van der Waals surface area (Å²) in [7, 11) is 0. The second-order valence-electron chi connectivity index (χ2n) is 3.81. The number of anilines is 1. The van der Waals surface area contributed by atoms with E-state index in [1.165, 1.54) is 18.2 Å². The van der Waals surface area contributed by atoms with Gasteiger partial charge in [0.25, 0.3) is 0 Å². The van der Waals surface area contributed by atoms with E-state index in [0.29, 0.717) is 6.07 Å². The van der Waals surface area contributed by atoms with Crippen LogP contribution in [0.25, 0.3) is 0 Å². The predicted molar refractivity (Wildman–Crippen MR) is 70.7 cm³/mol. The van der Waals surface area contributed by atoms with Gasteiger partial charge >= 0.3 is 0 Å². The number of ketones is 1. The van der Waals surface area contributed by atoms with Crippen LogP contribution in [0.15, 0.2) is 30.3 Å². The number of hydrogen-bond acceptors (Lipinski definition) is 2. The lowest BCUT2D eigenvalue weighted by Gasteiger charge is -2.07. The molecular weight excluding hydrogens is 295 g/mol. The molecule has 0 aliphatic heterocycles. The molecule has 0 spiro atoms. The van der Waals surface area contributed by atoms with Crippen molar-refractivity contribution in [3.63, 3.8) is 0 Å². The molecule has 0 aromatic heterocycles. The van der Waals surface area contributed by atoms with Gasteiger partial charge in [-0.15, -0.1) is 0 Å². The number of nitrogens with two attached hydrogens (primary N) is 1. The Bertz CT molecular complexity index is 674. The number of carbonyl (C=O) groups excluding carboxylic acids is 1. The van der Waals surface area contributed by atoms with Crippen LogP contribution in [0.3, 0.4) is 0 Å². The highest BCUT2D eigenvalue weighted by molar-refractivity contribution is 6.36. The van der Waals surface area contributed by atoms with E-state index in [1.54, 1.807) is 0 Å². The first-order valence-corrected chi connectivity index (χ1v) is 5.90. The Labute approximate surface area is 117 Å². The fourth-order valence-corrected chi connectivity index (χ4v) is 1.93. The van der Waals surface area contributed by atoms with Crippen molar-refractivity contribution >= 4 is 34.7 Å². The minimum Gasteiger partial charge on any atom is -0.396 e. The Hall–Kier alpha value is -1.65. The van der Waals surface area contributed by atoms with Crippen molar-refractivity contribution < 1.29 is 13.6 Å². The largest absolute Gasteiger partial charge is 0.396 e. The third kappa shape index (κ3) is 2.69. The van der Waals surface area contributed by atoms with Crippen molar-refractivity contribution in [1.82, 2.24) is 0 Å². The molecule has 2 nitrogen and oxygen atoms in total. The summed E-state index contributed by atoms with van der Waals surface area (Å²) in [5.74, 6) is -2.64. The maximum atomic E-state index is 13.6. The Morgan fingerprint density at radius 3 is 2.37 bits per heavy atom. The molecule has 98 valence electrons. The summed E-state index contributed by atoms with van der Waals surface area (Å²) in [4.78, 5) is 12.1. The maximum absolute atomic E-state index is 13.6. The number of benzene rings is 2. The third-order valence-electron chi connectivity index (χ3n) is 2.50. The van der Waals surface area contributed by atoms with Crippen molar-refractivity contribution in [1.29, 1.82) is 0 Å². The van der Waals surface area contributed by atoms with E-state index in [4.69, 9.17) is 28.9 Å². The van der Waals surface area contributed by atoms with Crippen LogP contribution in [0.4, 0.5) is 14.5 Å². The lowest BCUT2D eigenvalue weighted by atomic mass is 10.0. The second kappa shape index (κ2) is 5.15. The van der Waals surface area contributed by atoms with Gasteiger partial charge in [-0.2, -0.15) is 0 Å². The Morgan fingerprint density at radius 1 is 1.00 bits per heavy atom. The minimum atomic E-state index is -1.01. The molecule has 2 aromatic rings. The summed E-state index contributed by atoms with van der Waals surface area (Å²) in [6.07, 6.45) is 0. The van der Waals surface area contributed by atoms with Crippen molar-refractivity contribution in [2.45, 2.75) is 0 Å². The molecule has 0 heterocycles. The van der Waals surface area contributed by atoms with E-state index in [-0.39, 0.29) is 26.9 Å². The van der Waals surface area contributed by atoms with Gasteiger partial charge in [0, 0.05) is 16.7 Å². The summed E-state index contributed by atoms with van der Waals surface area (Å²) >= 11 is 11.6. The van der Waals surface area contributed by atoms with Gasteiger partial charge in [0.05, 0.1) is 16.3 Å². The SMILES string of the molecule is Nc1cc(C(=O)c2cc(Cl)ccc2Cl)c(F)cc1F. The van der Waals surface area contributed by atoms with Gasteiger partial charge in [-0.1, -0.05) is 23.2 Å². The predicted octanol–water partition coefficient (Wildman–Crippen LogP) is 4.08. The minimum absolute atomic E-state index is 0.0269. The van der Waals surface area contributed by atoms with Gasteiger partial charge < -0.3 is 5.73 Å². The van der Waals surface area contributed by atoms with Crippen molar-refractivity contribution in [3.8, 4) is 0 Å². The van der Waals surface area contributed by atoms with Gasteiger partial charge in [-0.25, -0.2) is 8.78 Å². The van der Waals surface area contributed by atoms with E-state index in [1.807, 2.05) is 0 Å². The normalized spacial score (nSPS) is 10.5. The molecular formula is C13H7Cl2F2NO. The molecule has 0 aliphatic carbocycles. The van der Waals surface area contributed by atoms with E-state index in [2.05, 4.69) is 0 Å². The topological polar surface area (TPSA) is 43.1 Å². The summed E-state index contributed by atoms with van der Waals surface area (Å²) in [5.41, 5.74) is 4.67. The Kier molecular flexibility index (Phi) is 3.73. The van der Waals surface area contributed by atoms with Crippen LogP contribution in [0.2, 0.25) is 10.0 Å². The van der Waals surface area contributed by atoms with Crippen molar-refractivity contribution in [2.24, 2.45) is 0 Å². The molecule has 0 atom stereocenters. The molecule has 0 fully saturated rings. The van der Waals surface area contributed by atoms with Crippen LogP contribution in [-0.4, -0.2) is 5.78 Å². The fraction of sp³-hybridized carbons (Fsp3) is 0. The summed E-state index contributed by atoms with van der Waals surface area (Å²) < 4.78 is 26.7. The molecule has 2 N–H and O–H groups in total. The molecule has 2 aromatic carbocycles. The number of rotatable bonds is 2. The summed E-state index contributed by atoms with van der Waals surface area (Å²) in [6.45, 7) is 0. The quantitative estimate of drug-likeness (QED) is 0.671. The van der Waals surface area contributed by atoms with Gasteiger partial charge in [-0.05, 0) is 24.3 Å². The highest BCUT2D eigenvalue weighted by Gasteiger charge is 2.19. The first-order valence-electron chi connectivity index (χ1n) is 5.14. The van der Waals surface area contributed by atoms with Gasteiger partial charge in [-0.3, -0.25) is 4.79 Å². The number of carbonyl (C=O) groups is 1. The number of halogens is 4. The zero-order valence-electron chi connectivity index (χ0n) is 9.38. The zero-order chi connectivity index (χ0) is 14.2. The second-order valence-corrected chi connectivity index (χ2v) is 4.65. The van der Waals surface area contributed by atoms with Gasteiger partial charge in [0.1, 0.15) is 11.6 Å². The van der Waals surface area contributed by atoms with E-state index >= 15 is 0 Å². The monoisotopic (exact) mass is 301 g/mol. The number of nitrogen functional groups attached to an aromatic ring is 1. The molecule has 0 amide bonds. The van der Waals surface area contributed by atoms with Crippen LogP contribution in [0, 0.1) is 11.6 Å². The first-order chi connectivity index (χ1) is 8.90. The molecule has 6 heteroatoms. The van der Waals surface area contributed by atoms with Crippen LogP contribution >= 0.6 is 23.2 Å². The fourth-order valence-electron chi connectivity index (χ4n) is 1.56. The van der Waals surface area contributed by atoms with E-state index in [0.717, 1.165) is 6.07 Å². The standard InChI is InChI=1S/C13H7Cl2F2NO/c14-6-1-2-9(15)7(3-6)13(19)8-4-12(18)11(17)5-10(8)16/h1-5H,18H2. The zero-order valence-corrected chi connectivity index (χ0v) is 10.9. The van der Waals surface area contributed by atoms with Crippen LogP contribution in [0.1, 0.15) is 15.9 Å². The molecule has 0 radical (unpaired) electrons. The number of hydrogen-bond donors (Lipinski definition) is 1. The van der Waals surface area contributed by atoms with Gasteiger partial charge in [0.2, 0.25) is 0 Å². The average Bonchev–Trinajstić information content (AvgIpc) is 2.36. The van der Waals surface area contributed by atoms with E-state index in [9.17, 15) is 13.6 Å². The lowest BCUT2D eigenvalue weighted by molar-refractivity contribution is 0.103. The molecule has 0 bridgehead atoms. The van der Waals surface area contributed by atoms with Crippen LogP contribution in [-0.2, 0) is 0 Å². The molecule has 0 saturated carbocycles. The molecule has 0 aliphatic rings. The highest BCUT2D eigenvalue weighted by Crippen LogP contribution is 2.26. The van der Waals surface area contributed by atoms with Crippen LogP contribution in [0.5, 0.6) is 0 Å². The van der Waals surface area contributed by atoms with Crippen molar-refractivity contribution in [2.75, 3.05) is 5.73 Å². The van der Waals surface area contributed by atoms with E-state index < -0.39 is 17.4 Å². The smallest absolute Gasteiger partial charge is 0.197 e. The lowest BCUT2D eigenvalue weighted by Crippen LogP contribution is -2.07. The van der Waals surface area contributed by atoms with Crippen molar-refractivity contribution in [3.05, 3.63) is 63.1 Å². The summed E-state index contributed by atoms with van der Waals surface area (Å²) in [6, 6.07) is 5.72. The summed E-state index contributed by atoms with van der Waals surface area (Å²) in [5, 5.41) is 0.403. The average molecular weight is 302 g/mol. The molecule has 19 heavy (non-hydrogen) atoms. The third-order valence-corrected chi connectivity index (χ3v) is 3.07.